The summed E-state index contributed by atoms with van der Waals surface area (Å²) in [4.78, 5) is 26.7. The maximum absolute atomic E-state index is 5.04. The topological polar surface area (TPSA) is 85.9 Å². The van der Waals surface area contributed by atoms with Gasteiger partial charge in [-0.1, -0.05) is 67.3 Å². The lowest BCUT2D eigenvalue weighted by atomic mass is 10.2. The third-order valence-corrected chi connectivity index (χ3v) is 7.83. The lowest BCUT2D eigenvalue weighted by Crippen LogP contribution is -2.35. The smallest absolute Gasteiger partial charge is 0.191 e. The highest BCUT2D eigenvalue weighted by Crippen LogP contribution is 2.34. The predicted molar refractivity (Wildman–Crippen MR) is 148 cm³/mol. The molecule has 0 amide bonds. The molecule has 1 aromatic carbocycles. The molecule has 3 aromatic heterocycles. The second-order valence-corrected chi connectivity index (χ2v) is 10.1. The molecule has 0 aliphatic rings. The summed E-state index contributed by atoms with van der Waals surface area (Å²) >= 11 is 3.30. The molecule has 0 aliphatic carbocycles. The van der Waals surface area contributed by atoms with Crippen LogP contribution in [-0.4, -0.2) is 69.1 Å². The molecule has 10 heteroatoms. The number of aromatic amines is 1. The highest BCUT2D eigenvalue weighted by atomic mass is 32.2. The number of aromatic nitrogens is 5. The van der Waals surface area contributed by atoms with Gasteiger partial charge in [-0.2, -0.15) is 4.98 Å². The Morgan fingerprint density at radius 1 is 1.00 bits per heavy atom. The molecule has 0 saturated carbocycles. The zero-order valence-electron chi connectivity index (χ0n) is 20.7. The number of imidazole rings is 1. The van der Waals surface area contributed by atoms with Crippen molar-refractivity contribution in [2.75, 3.05) is 49.5 Å². The summed E-state index contributed by atoms with van der Waals surface area (Å²) in [6.45, 7) is 12.3. The standard InChI is InChI=1S/C25H34N8S2/c1-4-32(5-2)14-15-33(6-3)23-21-22(29-24(35-21)27-13-12-20-16-26-18-28-20)30-25(31-23)34-17-19-10-8-7-9-11-19/h7-11,16,18H,4-6,12-15,17H2,1-3H3,(H,26,28)(H,27,29,30,31). The summed E-state index contributed by atoms with van der Waals surface area (Å²) in [6.07, 6.45) is 4.42. The van der Waals surface area contributed by atoms with E-state index >= 15 is 0 Å². The number of thioether (sulfide) groups is 1. The van der Waals surface area contributed by atoms with Gasteiger partial charge >= 0.3 is 0 Å². The van der Waals surface area contributed by atoms with Gasteiger partial charge in [0.25, 0.3) is 0 Å². The summed E-state index contributed by atoms with van der Waals surface area (Å²) in [6, 6.07) is 10.5. The number of nitrogens with one attached hydrogen (secondary N) is 2. The average Bonchev–Trinajstić information content (AvgIpc) is 3.56. The zero-order valence-corrected chi connectivity index (χ0v) is 22.3. The van der Waals surface area contributed by atoms with Gasteiger partial charge in [0.1, 0.15) is 4.70 Å². The number of rotatable bonds is 14. The first-order valence-corrected chi connectivity index (χ1v) is 14.0. The van der Waals surface area contributed by atoms with Crippen molar-refractivity contribution >= 4 is 44.4 Å². The first-order valence-electron chi connectivity index (χ1n) is 12.2. The number of nitrogens with zero attached hydrogens (tertiary/aromatic N) is 6. The van der Waals surface area contributed by atoms with E-state index in [0.29, 0.717) is 0 Å². The van der Waals surface area contributed by atoms with Gasteiger partial charge in [-0.15, -0.1) is 0 Å². The van der Waals surface area contributed by atoms with E-state index in [1.807, 2.05) is 12.3 Å². The molecule has 0 bridgehead atoms. The van der Waals surface area contributed by atoms with E-state index in [4.69, 9.17) is 15.0 Å². The zero-order chi connectivity index (χ0) is 24.5. The number of fused-ring (bicyclic) bond motifs is 1. The van der Waals surface area contributed by atoms with Crippen molar-refractivity contribution in [1.29, 1.82) is 0 Å². The molecule has 0 radical (unpaired) electrons. The van der Waals surface area contributed by atoms with Crippen LogP contribution in [0.4, 0.5) is 10.9 Å². The third-order valence-electron chi connectivity index (χ3n) is 5.91. The maximum Gasteiger partial charge on any atom is 0.191 e. The van der Waals surface area contributed by atoms with Crippen LogP contribution in [0.15, 0.2) is 48.0 Å². The predicted octanol–water partition coefficient (Wildman–Crippen LogP) is 4.92. The molecule has 4 rings (SSSR count). The first kappa shape index (κ1) is 25.4. The van der Waals surface area contributed by atoms with E-state index in [9.17, 15) is 0 Å². The van der Waals surface area contributed by atoms with Gasteiger partial charge in [0.15, 0.2) is 21.8 Å². The number of anilines is 2. The van der Waals surface area contributed by atoms with Crippen molar-refractivity contribution in [1.82, 2.24) is 29.8 Å². The fourth-order valence-corrected chi connectivity index (χ4v) is 5.55. The van der Waals surface area contributed by atoms with Crippen LogP contribution in [0, 0.1) is 0 Å². The van der Waals surface area contributed by atoms with Gasteiger partial charge in [-0.3, -0.25) is 0 Å². The maximum atomic E-state index is 5.04. The van der Waals surface area contributed by atoms with Gasteiger partial charge in [-0.05, 0) is 25.6 Å². The second-order valence-electron chi connectivity index (χ2n) is 8.14. The van der Waals surface area contributed by atoms with Gasteiger partial charge < -0.3 is 20.1 Å². The molecule has 186 valence electrons. The normalized spacial score (nSPS) is 11.4. The van der Waals surface area contributed by atoms with Crippen molar-refractivity contribution in [2.45, 2.75) is 38.1 Å². The third kappa shape index (κ3) is 6.93. The molecular weight excluding hydrogens is 476 g/mol. The van der Waals surface area contributed by atoms with Crippen molar-refractivity contribution in [3.8, 4) is 0 Å². The minimum atomic E-state index is 0.765. The fraction of sp³-hybridized carbons (Fsp3) is 0.440. The van der Waals surface area contributed by atoms with E-state index in [-0.39, 0.29) is 0 Å². The lowest BCUT2D eigenvalue weighted by Gasteiger charge is -2.26. The molecule has 0 aliphatic heterocycles. The highest BCUT2D eigenvalue weighted by molar-refractivity contribution is 7.98. The minimum Gasteiger partial charge on any atom is -0.361 e. The Morgan fingerprint density at radius 2 is 1.83 bits per heavy atom. The Balaban J connectivity index is 1.57. The minimum absolute atomic E-state index is 0.765. The fourth-order valence-electron chi connectivity index (χ4n) is 3.81. The molecule has 0 fully saturated rings. The number of thiazole rings is 1. The van der Waals surface area contributed by atoms with Crippen LogP contribution in [0.5, 0.6) is 0 Å². The Morgan fingerprint density at radius 3 is 2.54 bits per heavy atom. The van der Waals surface area contributed by atoms with Crippen molar-refractivity contribution in [2.24, 2.45) is 0 Å². The highest BCUT2D eigenvalue weighted by Gasteiger charge is 2.19. The summed E-state index contributed by atoms with van der Waals surface area (Å²) in [7, 11) is 0. The molecule has 0 atom stereocenters. The largest absolute Gasteiger partial charge is 0.361 e. The number of benzene rings is 1. The molecule has 0 saturated heterocycles. The number of hydrogen-bond donors (Lipinski definition) is 2. The number of likely N-dealkylation sites (N-methyl/N-ethyl adjacent to an activating group) is 2. The van der Waals surface area contributed by atoms with Gasteiger partial charge in [0.05, 0.1) is 6.33 Å². The summed E-state index contributed by atoms with van der Waals surface area (Å²) in [5.74, 6) is 1.82. The number of hydrogen-bond acceptors (Lipinski definition) is 9. The van der Waals surface area contributed by atoms with Crippen molar-refractivity contribution in [3.05, 3.63) is 54.1 Å². The quantitative estimate of drug-likeness (QED) is 0.183. The van der Waals surface area contributed by atoms with Crippen LogP contribution in [0.25, 0.3) is 10.3 Å². The van der Waals surface area contributed by atoms with Crippen LogP contribution in [0.2, 0.25) is 0 Å². The Hall–Kier alpha value is -2.69. The van der Waals surface area contributed by atoms with Crippen molar-refractivity contribution in [3.63, 3.8) is 0 Å². The van der Waals surface area contributed by atoms with Crippen LogP contribution in [0.3, 0.4) is 0 Å². The van der Waals surface area contributed by atoms with E-state index in [2.05, 4.69) is 70.1 Å². The van der Waals surface area contributed by atoms with Crippen LogP contribution >= 0.6 is 23.1 Å². The lowest BCUT2D eigenvalue weighted by molar-refractivity contribution is 0.309. The molecular formula is C25H34N8S2. The van der Waals surface area contributed by atoms with Crippen LogP contribution < -0.4 is 10.2 Å². The van der Waals surface area contributed by atoms with Crippen LogP contribution in [-0.2, 0) is 12.2 Å². The Kier molecular flexibility index (Phi) is 9.33. The molecule has 2 N–H and O–H groups in total. The SMILES string of the molecule is CCN(CC)CCN(CC)c1nc(SCc2ccccc2)nc2nc(NCCc3cnc[nH]3)sc12. The van der Waals surface area contributed by atoms with Gasteiger partial charge in [0, 0.05) is 50.2 Å². The van der Waals surface area contributed by atoms with Crippen molar-refractivity contribution < 1.29 is 0 Å². The summed E-state index contributed by atoms with van der Waals surface area (Å²) in [5, 5.41) is 5.11. The van der Waals surface area contributed by atoms with Gasteiger partial charge in [0.2, 0.25) is 0 Å². The first-order chi connectivity index (χ1) is 17.2. The molecule has 4 aromatic rings. The molecule has 3 heterocycles. The molecule has 0 unspecified atom stereocenters. The average molecular weight is 511 g/mol. The Bertz CT molecular complexity index is 1160. The van der Waals surface area contributed by atoms with E-state index in [1.54, 1.807) is 29.4 Å². The monoisotopic (exact) mass is 510 g/mol. The Labute approximate surface area is 215 Å². The van der Waals surface area contributed by atoms with Crippen LogP contribution in [0.1, 0.15) is 32.0 Å². The van der Waals surface area contributed by atoms with E-state index < -0.39 is 0 Å². The molecule has 35 heavy (non-hydrogen) atoms. The summed E-state index contributed by atoms with van der Waals surface area (Å²) in [5.41, 5.74) is 3.13. The molecule has 0 spiro atoms. The van der Waals surface area contributed by atoms with E-state index in [0.717, 1.165) is 83.6 Å². The number of H-pyrrole nitrogens is 1. The molecule has 8 nitrogen and oxygen atoms in total. The van der Waals surface area contributed by atoms with Gasteiger partial charge in [-0.25, -0.2) is 15.0 Å². The van der Waals surface area contributed by atoms with E-state index in [1.165, 1.54) is 5.56 Å². The summed E-state index contributed by atoms with van der Waals surface area (Å²) < 4.78 is 1.04. The second kappa shape index (κ2) is 12.9.